The summed E-state index contributed by atoms with van der Waals surface area (Å²) in [7, 11) is 0. The predicted octanol–water partition coefficient (Wildman–Crippen LogP) is 7.33. The predicted molar refractivity (Wildman–Crippen MR) is 158 cm³/mol. The fraction of sp³-hybridized carbons (Fsp3) is 0.500. The number of aryl methyl sites for hydroxylation is 2. The van der Waals surface area contributed by atoms with E-state index in [0.717, 1.165) is 78.4 Å². The second-order valence-electron chi connectivity index (χ2n) is 10.3. The van der Waals surface area contributed by atoms with Gasteiger partial charge in [-0.3, -0.25) is 19.1 Å². The summed E-state index contributed by atoms with van der Waals surface area (Å²) < 4.78 is 7.71. The van der Waals surface area contributed by atoms with Crippen LogP contribution in [0.1, 0.15) is 103 Å². The number of fused-ring (bicyclic) bond motifs is 3. The molecule has 10 heteroatoms. The molecule has 0 fully saturated rings. The molecule has 1 atom stereocenters. The first-order valence-corrected chi connectivity index (χ1v) is 15.2. The van der Waals surface area contributed by atoms with Crippen molar-refractivity contribution >= 4 is 40.6 Å². The molecule has 40 heavy (non-hydrogen) atoms. The van der Waals surface area contributed by atoms with Crippen molar-refractivity contribution in [2.24, 2.45) is 4.99 Å². The molecular weight excluding hydrogens is 548 g/mol. The van der Waals surface area contributed by atoms with E-state index in [1.165, 1.54) is 10.4 Å². The molecule has 0 spiro atoms. The summed E-state index contributed by atoms with van der Waals surface area (Å²) in [6.07, 6.45) is 7.72. The van der Waals surface area contributed by atoms with E-state index in [9.17, 15) is 9.59 Å². The van der Waals surface area contributed by atoms with Crippen LogP contribution in [-0.4, -0.2) is 44.1 Å². The number of hydrogen-bond donors (Lipinski definition) is 1. The number of esters is 1. The van der Waals surface area contributed by atoms with Gasteiger partial charge in [-0.05, 0) is 51.3 Å². The van der Waals surface area contributed by atoms with E-state index in [1.807, 2.05) is 31.2 Å². The Kier molecular flexibility index (Phi) is 10.5. The lowest BCUT2D eigenvalue weighted by molar-refractivity contribution is -0.144. The molecule has 0 aliphatic carbocycles. The fourth-order valence-corrected chi connectivity index (χ4v) is 6.32. The van der Waals surface area contributed by atoms with Crippen molar-refractivity contribution in [2.45, 2.75) is 91.0 Å². The minimum atomic E-state index is -0.731. The molecule has 1 aliphatic heterocycles. The molecule has 0 radical (unpaired) electrons. The van der Waals surface area contributed by atoms with Crippen LogP contribution in [0.2, 0.25) is 5.02 Å². The molecule has 1 N–H and O–H groups in total. The normalized spacial score (nSPS) is 14.3. The quantitative estimate of drug-likeness (QED) is 0.157. The number of carboxylic acids is 1. The van der Waals surface area contributed by atoms with Gasteiger partial charge in [-0.25, -0.2) is 0 Å². The van der Waals surface area contributed by atoms with Crippen LogP contribution in [0.25, 0.3) is 5.00 Å². The SMILES string of the molecule is Cc1sc2c(c1C)C(c1ccc(Cl)cc1)=N[C@@H](CCOC(=O)CCCCCCCCCC(=O)O)c1nnc(C)n1-2. The average molecular weight is 585 g/mol. The average Bonchev–Trinajstić information content (AvgIpc) is 3.39. The number of aliphatic carboxylic acids is 1. The zero-order valence-corrected chi connectivity index (χ0v) is 25.0. The highest BCUT2D eigenvalue weighted by atomic mass is 35.5. The number of halogens is 1. The smallest absolute Gasteiger partial charge is 0.305 e. The van der Waals surface area contributed by atoms with Crippen molar-refractivity contribution in [2.75, 3.05) is 6.61 Å². The van der Waals surface area contributed by atoms with Gasteiger partial charge in [-0.2, -0.15) is 0 Å². The number of benzene rings is 1. The van der Waals surface area contributed by atoms with Gasteiger partial charge >= 0.3 is 11.9 Å². The van der Waals surface area contributed by atoms with Crippen LogP contribution >= 0.6 is 22.9 Å². The van der Waals surface area contributed by atoms with Gasteiger partial charge in [0.2, 0.25) is 0 Å². The van der Waals surface area contributed by atoms with E-state index in [1.54, 1.807) is 11.3 Å². The Hall–Kier alpha value is -3.04. The Morgan fingerprint density at radius 3 is 2.30 bits per heavy atom. The molecule has 0 saturated heterocycles. The van der Waals surface area contributed by atoms with Crippen molar-refractivity contribution in [3.05, 3.63) is 62.5 Å². The topological polar surface area (TPSA) is 107 Å². The molecule has 4 rings (SSSR count). The minimum absolute atomic E-state index is 0.194. The number of carboxylic acid groups (broad SMARTS) is 1. The van der Waals surface area contributed by atoms with E-state index in [2.05, 4.69) is 28.6 Å². The number of carbonyl (C=O) groups excluding carboxylic acids is 1. The Balaban J connectivity index is 1.37. The van der Waals surface area contributed by atoms with Gasteiger partial charge in [0.15, 0.2) is 5.82 Å². The van der Waals surface area contributed by atoms with Crippen molar-refractivity contribution in [1.82, 2.24) is 14.8 Å². The van der Waals surface area contributed by atoms with Crippen molar-refractivity contribution in [3.63, 3.8) is 0 Å². The Morgan fingerprint density at radius 2 is 1.62 bits per heavy atom. The van der Waals surface area contributed by atoms with Gasteiger partial charge in [-0.1, -0.05) is 55.8 Å². The highest BCUT2D eigenvalue weighted by molar-refractivity contribution is 7.15. The van der Waals surface area contributed by atoms with Crippen LogP contribution in [0.4, 0.5) is 0 Å². The highest BCUT2D eigenvalue weighted by Crippen LogP contribution is 2.39. The van der Waals surface area contributed by atoms with Gasteiger partial charge in [0.1, 0.15) is 16.9 Å². The molecular formula is C30H37ClN4O4S. The molecule has 1 aromatic carbocycles. The Bertz CT molecular complexity index is 1360. The largest absolute Gasteiger partial charge is 0.481 e. The van der Waals surface area contributed by atoms with Crippen LogP contribution in [0, 0.1) is 20.8 Å². The third kappa shape index (κ3) is 7.37. The molecule has 0 saturated carbocycles. The van der Waals surface area contributed by atoms with Crippen LogP contribution in [0.3, 0.4) is 0 Å². The summed E-state index contributed by atoms with van der Waals surface area (Å²) in [5.41, 5.74) is 4.12. The third-order valence-corrected chi connectivity index (χ3v) is 8.73. The summed E-state index contributed by atoms with van der Waals surface area (Å²) in [6.45, 7) is 6.44. The number of rotatable bonds is 14. The number of aromatic nitrogens is 3. The maximum Gasteiger partial charge on any atom is 0.305 e. The van der Waals surface area contributed by atoms with E-state index < -0.39 is 5.97 Å². The van der Waals surface area contributed by atoms with Gasteiger partial charge in [0.25, 0.3) is 0 Å². The summed E-state index contributed by atoms with van der Waals surface area (Å²) in [6, 6.07) is 7.41. The number of ether oxygens (including phenoxy) is 1. The third-order valence-electron chi connectivity index (χ3n) is 7.28. The zero-order valence-electron chi connectivity index (χ0n) is 23.4. The van der Waals surface area contributed by atoms with Crippen molar-refractivity contribution in [3.8, 4) is 5.00 Å². The lowest BCUT2D eigenvalue weighted by atomic mass is 9.99. The molecule has 8 nitrogen and oxygen atoms in total. The van der Waals surface area contributed by atoms with Crippen LogP contribution in [0.5, 0.6) is 0 Å². The van der Waals surface area contributed by atoms with Crippen molar-refractivity contribution in [1.29, 1.82) is 0 Å². The maximum absolute atomic E-state index is 12.4. The lowest BCUT2D eigenvalue weighted by Gasteiger charge is -2.13. The summed E-state index contributed by atoms with van der Waals surface area (Å²) in [5, 5.41) is 19.3. The standard InChI is InChI=1S/C30H37ClN4O4S/c1-19-20(2)40-30-27(19)28(22-13-15-23(31)16-14-22)32-24(29-34-33-21(3)35(29)30)17-18-39-26(38)12-10-8-6-4-5-7-9-11-25(36)37/h13-16,24H,4-12,17-18H2,1-3H3,(H,36,37)/t24-/m0/s1. The highest BCUT2D eigenvalue weighted by Gasteiger charge is 2.31. The van der Waals surface area contributed by atoms with E-state index in [-0.39, 0.29) is 25.0 Å². The van der Waals surface area contributed by atoms with E-state index >= 15 is 0 Å². The molecule has 0 bridgehead atoms. The molecule has 2 aromatic heterocycles. The van der Waals surface area contributed by atoms with Crippen molar-refractivity contribution < 1.29 is 19.4 Å². The second kappa shape index (κ2) is 14.0. The molecule has 1 aliphatic rings. The minimum Gasteiger partial charge on any atom is -0.481 e. The summed E-state index contributed by atoms with van der Waals surface area (Å²) >= 11 is 7.89. The Labute approximate surface area is 244 Å². The number of carbonyl (C=O) groups is 2. The van der Waals surface area contributed by atoms with Gasteiger partial charge in [-0.15, -0.1) is 21.5 Å². The maximum atomic E-state index is 12.4. The van der Waals surface area contributed by atoms with Gasteiger partial charge in [0, 0.05) is 40.3 Å². The lowest BCUT2D eigenvalue weighted by Crippen LogP contribution is -2.12. The molecule has 0 amide bonds. The monoisotopic (exact) mass is 584 g/mol. The number of aliphatic imine (C=N–C) groups is 1. The zero-order chi connectivity index (χ0) is 28.6. The molecule has 0 unspecified atom stereocenters. The fourth-order valence-electron chi connectivity index (χ4n) is 4.98. The number of nitrogens with zero attached hydrogens (tertiary/aromatic N) is 4. The molecule has 3 heterocycles. The van der Waals surface area contributed by atoms with E-state index in [4.69, 9.17) is 26.4 Å². The van der Waals surface area contributed by atoms with Crippen LogP contribution in [0.15, 0.2) is 29.3 Å². The van der Waals surface area contributed by atoms with Gasteiger partial charge < -0.3 is 9.84 Å². The van der Waals surface area contributed by atoms with E-state index in [0.29, 0.717) is 17.9 Å². The first-order chi connectivity index (χ1) is 19.3. The first kappa shape index (κ1) is 29.9. The number of thiophene rings is 1. The Morgan fingerprint density at radius 1 is 0.975 bits per heavy atom. The first-order valence-electron chi connectivity index (χ1n) is 14.0. The molecule has 214 valence electrons. The summed E-state index contributed by atoms with van der Waals surface area (Å²) in [4.78, 5) is 29.4. The van der Waals surface area contributed by atoms with Crippen LogP contribution in [-0.2, 0) is 14.3 Å². The number of hydrogen-bond acceptors (Lipinski definition) is 7. The number of unbranched alkanes of at least 4 members (excludes halogenated alkanes) is 6. The molecule has 3 aromatic rings. The second-order valence-corrected chi connectivity index (χ2v) is 11.9. The summed E-state index contributed by atoms with van der Waals surface area (Å²) in [5.74, 6) is 0.627. The van der Waals surface area contributed by atoms with Gasteiger partial charge in [0.05, 0.1) is 12.3 Å². The van der Waals surface area contributed by atoms with Crippen LogP contribution < -0.4 is 0 Å².